The third-order valence-electron chi connectivity index (χ3n) is 4.39. The highest BCUT2D eigenvalue weighted by Crippen LogP contribution is 2.31. The van der Waals surface area contributed by atoms with Crippen molar-refractivity contribution in [3.63, 3.8) is 0 Å². The molecule has 0 bridgehead atoms. The van der Waals surface area contributed by atoms with E-state index in [2.05, 4.69) is 6.33 Å². The van der Waals surface area contributed by atoms with E-state index < -0.39 is 6.50 Å². The van der Waals surface area contributed by atoms with Crippen LogP contribution < -0.4 is 4.57 Å². The first-order valence-electron chi connectivity index (χ1n) is 8.89. The van der Waals surface area contributed by atoms with Crippen molar-refractivity contribution in [2.24, 2.45) is 0 Å². The van der Waals surface area contributed by atoms with E-state index in [4.69, 9.17) is 7.16 Å². The molecule has 2 aromatic heterocycles. The number of rotatable bonds is 2. The number of fused-ring (bicyclic) bond motifs is 4. The maximum atomic E-state index is 8.23. The van der Waals surface area contributed by atoms with E-state index in [1.54, 1.807) is 4.57 Å². The minimum atomic E-state index is -1.58. The minimum absolute atomic E-state index is 0.778. The number of imidazole rings is 1. The standard InChI is InChI=1S/C21H16N2O/c1-2-22-14-23(15-8-4-3-5-9-15)19-13-21-17(12-18(19)22)16-10-6-7-11-20(16)24-21/h3-13H,2H2,1H3/i2D2. The summed E-state index contributed by atoms with van der Waals surface area (Å²) in [5.41, 5.74) is 4.17. The summed E-state index contributed by atoms with van der Waals surface area (Å²) in [4.78, 5) is 0. The molecule has 0 saturated heterocycles. The van der Waals surface area contributed by atoms with Crippen LogP contribution in [0.25, 0.3) is 38.7 Å². The Kier molecular flexibility index (Phi) is 2.37. The first-order chi connectivity index (χ1) is 12.5. The van der Waals surface area contributed by atoms with Crippen LogP contribution in [-0.2, 0) is 6.50 Å². The second-order valence-corrected chi connectivity index (χ2v) is 5.77. The summed E-state index contributed by atoms with van der Waals surface area (Å²) >= 11 is 0. The summed E-state index contributed by atoms with van der Waals surface area (Å²) in [7, 11) is 0. The molecule has 0 aliphatic rings. The molecule has 0 amide bonds. The molecule has 5 rings (SSSR count). The second-order valence-electron chi connectivity index (χ2n) is 5.77. The lowest BCUT2D eigenvalue weighted by Gasteiger charge is -2.04. The minimum Gasteiger partial charge on any atom is -0.457 e. The average molecular weight is 314 g/mol. The van der Waals surface area contributed by atoms with Crippen molar-refractivity contribution in [1.82, 2.24) is 4.57 Å². The lowest BCUT2D eigenvalue weighted by Crippen LogP contribution is -2.30. The van der Waals surface area contributed by atoms with E-state index in [-0.39, 0.29) is 0 Å². The summed E-state index contributed by atoms with van der Waals surface area (Å²) in [5, 5.41) is 2.00. The van der Waals surface area contributed by atoms with Crippen LogP contribution in [0.4, 0.5) is 0 Å². The third-order valence-corrected chi connectivity index (χ3v) is 4.39. The van der Waals surface area contributed by atoms with Gasteiger partial charge in [-0.2, -0.15) is 0 Å². The van der Waals surface area contributed by atoms with Crippen molar-refractivity contribution < 1.29 is 11.7 Å². The van der Waals surface area contributed by atoms with E-state index in [0.717, 1.165) is 38.7 Å². The zero-order chi connectivity index (χ0) is 17.9. The van der Waals surface area contributed by atoms with Gasteiger partial charge in [0.25, 0.3) is 0 Å². The number of benzene rings is 3. The molecule has 0 aliphatic heterocycles. The highest BCUT2D eigenvalue weighted by atomic mass is 16.3. The van der Waals surface area contributed by atoms with Gasteiger partial charge in [-0.1, -0.05) is 54.6 Å². The Morgan fingerprint density at radius 3 is 2.62 bits per heavy atom. The molecule has 0 saturated carbocycles. The monoisotopic (exact) mass is 314 g/mol. The van der Waals surface area contributed by atoms with Crippen LogP contribution in [0.1, 0.15) is 9.67 Å². The number of aromatic nitrogens is 2. The highest BCUT2D eigenvalue weighted by Gasteiger charge is 2.13. The van der Waals surface area contributed by atoms with Gasteiger partial charge in [0.2, 0.25) is 6.33 Å². The van der Waals surface area contributed by atoms with Gasteiger partial charge in [-0.25, -0.2) is 0 Å². The van der Waals surface area contributed by atoms with Gasteiger partial charge in [-0.3, -0.25) is 0 Å². The van der Waals surface area contributed by atoms with Crippen molar-refractivity contribution in [2.75, 3.05) is 0 Å². The zero-order valence-corrected chi connectivity index (χ0v) is 13.2. The van der Waals surface area contributed by atoms with E-state index >= 15 is 0 Å². The van der Waals surface area contributed by atoms with Crippen molar-refractivity contribution >= 4 is 33.0 Å². The smallest absolute Gasteiger partial charge is 0.244 e. The highest BCUT2D eigenvalue weighted by molar-refractivity contribution is 6.08. The van der Waals surface area contributed by atoms with Gasteiger partial charge < -0.3 is 13.6 Å². The van der Waals surface area contributed by atoms with Gasteiger partial charge in [0.1, 0.15) is 11.2 Å². The van der Waals surface area contributed by atoms with Crippen LogP contribution in [0.15, 0.2) is 71.1 Å². The lowest BCUT2D eigenvalue weighted by atomic mass is 10.1. The van der Waals surface area contributed by atoms with Gasteiger partial charge in [0, 0.05) is 10.8 Å². The molecule has 3 aromatic carbocycles. The van der Waals surface area contributed by atoms with E-state index in [9.17, 15) is 0 Å². The summed E-state index contributed by atoms with van der Waals surface area (Å²) in [5.74, 6) is 0. The zero-order valence-electron chi connectivity index (χ0n) is 15.2. The molecule has 116 valence electrons. The first kappa shape index (κ1) is 11.5. The topological polar surface area (TPSA) is 21.9 Å². The van der Waals surface area contributed by atoms with Gasteiger partial charge in [0.05, 0.1) is 26.0 Å². The number of para-hydroxylation sites is 2. The maximum absolute atomic E-state index is 8.23. The largest absolute Gasteiger partial charge is 0.457 e. The van der Waals surface area contributed by atoms with Crippen molar-refractivity contribution in [1.29, 1.82) is 0 Å². The van der Waals surface area contributed by atoms with E-state index in [1.165, 1.54) is 6.92 Å². The molecular weight excluding hydrogens is 296 g/mol. The molecule has 2 heterocycles. The van der Waals surface area contributed by atoms with Crippen LogP contribution >= 0.6 is 0 Å². The van der Waals surface area contributed by atoms with E-state index in [0.29, 0.717) is 0 Å². The Bertz CT molecular complexity index is 1260. The molecule has 5 aromatic rings. The van der Waals surface area contributed by atoms with Crippen LogP contribution in [0.3, 0.4) is 0 Å². The third kappa shape index (κ3) is 1.81. The Morgan fingerprint density at radius 2 is 1.79 bits per heavy atom. The molecular formula is C21H16N2O. The number of aryl methyl sites for hydroxylation is 1. The summed E-state index contributed by atoms with van der Waals surface area (Å²) in [6.45, 7) is -0.0402. The number of hydrogen-bond acceptors (Lipinski definition) is 1. The molecule has 0 N–H and O–H groups in total. The number of nitrogens with zero attached hydrogens (tertiary/aromatic N) is 2. The molecule has 24 heavy (non-hydrogen) atoms. The van der Waals surface area contributed by atoms with Crippen molar-refractivity contribution in [3.8, 4) is 5.69 Å². The number of hydrogen-bond donors (Lipinski definition) is 0. The van der Waals surface area contributed by atoms with Crippen molar-refractivity contribution in [2.45, 2.75) is 13.4 Å². The quantitative estimate of drug-likeness (QED) is 0.344. The molecule has 3 nitrogen and oxygen atoms in total. The number of furan rings is 1. The van der Waals surface area contributed by atoms with Gasteiger partial charge in [-0.15, -0.1) is 0 Å². The SMILES string of the molecule is [2H]C([2H])(C)[n+]1[c-]n(-c2ccccc2)c2cc3oc4ccccc4c3cc21. The Labute approximate surface area is 142 Å². The van der Waals surface area contributed by atoms with Crippen molar-refractivity contribution in [3.05, 3.63) is 73.1 Å². The molecule has 0 aliphatic carbocycles. The lowest BCUT2D eigenvalue weighted by molar-refractivity contribution is -0.672. The Balaban J connectivity index is 1.93. The molecule has 0 spiro atoms. The van der Waals surface area contributed by atoms with Gasteiger partial charge in [0.15, 0.2) is 0 Å². The Hall–Kier alpha value is -3.07. The van der Waals surface area contributed by atoms with Crippen LogP contribution in [-0.4, -0.2) is 4.57 Å². The summed E-state index contributed by atoms with van der Waals surface area (Å²) in [6, 6.07) is 21.7. The molecule has 0 unspecified atom stereocenters. The van der Waals surface area contributed by atoms with E-state index in [1.807, 2.05) is 71.3 Å². The van der Waals surface area contributed by atoms with Crippen LogP contribution in [0.5, 0.6) is 0 Å². The average Bonchev–Trinajstić information content (AvgIpc) is 3.18. The van der Waals surface area contributed by atoms with Gasteiger partial charge in [-0.05, 0) is 19.1 Å². The summed E-state index contributed by atoms with van der Waals surface area (Å²) in [6.07, 6.45) is 3.18. The molecule has 3 heteroatoms. The Morgan fingerprint density at radius 1 is 1.00 bits per heavy atom. The van der Waals surface area contributed by atoms with Crippen LogP contribution in [0, 0.1) is 6.33 Å². The summed E-state index contributed by atoms with van der Waals surface area (Å²) < 4.78 is 25.9. The van der Waals surface area contributed by atoms with Crippen LogP contribution in [0.2, 0.25) is 0 Å². The molecule has 0 fully saturated rings. The fraction of sp³-hybridized carbons (Fsp3) is 0.0952. The fourth-order valence-corrected chi connectivity index (χ4v) is 3.26. The second kappa shape index (κ2) is 4.96. The predicted molar refractivity (Wildman–Crippen MR) is 95.3 cm³/mol. The maximum Gasteiger partial charge on any atom is 0.244 e. The molecule has 0 radical (unpaired) electrons. The molecule has 0 atom stereocenters. The predicted octanol–water partition coefficient (Wildman–Crippen LogP) is 4.64. The first-order valence-corrected chi connectivity index (χ1v) is 7.89. The normalized spacial score (nSPS) is 13.5. The fourth-order valence-electron chi connectivity index (χ4n) is 3.26. The van der Waals surface area contributed by atoms with Gasteiger partial charge >= 0.3 is 0 Å².